The first-order chi connectivity index (χ1) is 11.2. The average molecular weight is 327 g/mol. The monoisotopic (exact) mass is 326 g/mol. The third-order valence-electron chi connectivity index (χ3n) is 4.54. The summed E-state index contributed by atoms with van der Waals surface area (Å²) in [6.07, 6.45) is 19.0. The zero-order valence-electron chi connectivity index (χ0n) is 16.2. The maximum absolute atomic E-state index is 12.0. The second-order valence-corrected chi connectivity index (χ2v) is 6.97. The van der Waals surface area contributed by atoms with E-state index in [9.17, 15) is 4.79 Å². The summed E-state index contributed by atoms with van der Waals surface area (Å²) in [5.74, 6) is 0.0372. The summed E-state index contributed by atoms with van der Waals surface area (Å²) in [5.41, 5.74) is 0. The minimum absolute atomic E-state index is 0.0372. The number of rotatable bonds is 17. The zero-order valence-corrected chi connectivity index (χ0v) is 16.2. The molecule has 138 valence electrons. The average Bonchev–Trinajstić information content (AvgIpc) is 2.55. The Labute approximate surface area is 145 Å². The lowest BCUT2D eigenvalue weighted by Gasteiger charge is -2.17. The minimum atomic E-state index is 0.0372. The zero-order chi connectivity index (χ0) is 17.2. The van der Waals surface area contributed by atoms with Gasteiger partial charge in [-0.1, -0.05) is 91.4 Å². The van der Waals surface area contributed by atoms with Crippen LogP contribution in [-0.2, 0) is 9.53 Å². The fourth-order valence-corrected chi connectivity index (χ4v) is 2.96. The number of ether oxygens (including phenoxy) is 1. The Bertz CT molecular complexity index is 250. The van der Waals surface area contributed by atoms with Crippen LogP contribution in [-0.4, -0.2) is 12.1 Å². The van der Waals surface area contributed by atoms with Crippen LogP contribution < -0.4 is 0 Å². The number of unbranched alkanes of at least 4 members (excludes halogenated alkanes) is 10. The van der Waals surface area contributed by atoms with E-state index in [2.05, 4.69) is 20.8 Å². The fourth-order valence-electron chi connectivity index (χ4n) is 2.96. The van der Waals surface area contributed by atoms with Crippen molar-refractivity contribution in [1.82, 2.24) is 0 Å². The second-order valence-electron chi connectivity index (χ2n) is 6.97. The smallest absolute Gasteiger partial charge is 0.306 e. The van der Waals surface area contributed by atoms with Gasteiger partial charge in [-0.25, -0.2) is 0 Å². The van der Waals surface area contributed by atoms with Crippen LogP contribution in [0.3, 0.4) is 0 Å². The molecule has 0 aliphatic heterocycles. The second kappa shape index (κ2) is 17.8. The van der Waals surface area contributed by atoms with Gasteiger partial charge in [-0.05, 0) is 25.7 Å². The molecular formula is C21H42O2. The van der Waals surface area contributed by atoms with Gasteiger partial charge in [0.1, 0.15) is 6.10 Å². The molecule has 1 atom stereocenters. The Morgan fingerprint density at radius 3 is 1.74 bits per heavy atom. The fraction of sp³-hybridized carbons (Fsp3) is 0.952. The van der Waals surface area contributed by atoms with Crippen LogP contribution >= 0.6 is 0 Å². The lowest BCUT2D eigenvalue weighted by atomic mass is 10.0. The lowest BCUT2D eigenvalue weighted by Crippen LogP contribution is -2.18. The van der Waals surface area contributed by atoms with E-state index in [1.807, 2.05) is 0 Å². The normalized spacial score (nSPS) is 12.3. The Morgan fingerprint density at radius 1 is 0.652 bits per heavy atom. The topological polar surface area (TPSA) is 26.3 Å². The van der Waals surface area contributed by atoms with E-state index in [0.717, 1.165) is 19.3 Å². The van der Waals surface area contributed by atoms with Crippen molar-refractivity contribution in [3.8, 4) is 0 Å². The molecule has 0 saturated carbocycles. The molecule has 0 N–H and O–H groups in total. The van der Waals surface area contributed by atoms with Crippen LogP contribution in [0, 0.1) is 0 Å². The van der Waals surface area contributed by atoms with E-state index in [1.54, 1.807) is 0 Å². The molecule has 0 aliphatic carbocycles. The summed E-state index contributed by atoms with van der Waals surface area (Å²) in [5, 5.41) is 0. The summed E-state index contributed by atoms with van der Waals surface area (Å²) in [6, 6.07) is 0. The SMILES string of the molecule is CCCCCCCCCC(=O)OC(CCCC)CCCCCC. The number of esters is 1. The van der Waals surface area contributed by atoms with Crippen molar-refractivity contribution >= 4 is 5.97 Å². The number of hydrogen-bond donors (Lipinski definition) is 0. The van der Waals surface area contributed by atoms with Crippen LogP contribution in [0.2, 0.25) is 0 Å². The maximum Gasteiger partial charge on any atom is 0.306 e. The van der Waals surface area contributed by atoms with Crippen LogP contribution in [0.1, 0.15) is 124 Å². The van der Waals surface area contributed by atoms with Crippen LogP contribution in [0.25, 0.3) is 0 Å². The molecule has 2 nitrogen and oxygen atoms in total. The van der Waals surface area contributed by atoms with E-state index in [-0.39, 0.29) is 12.1 Å². The predicted octanol–water partition coefficient (Wildman–Crippen LogP) is 7.20. The first kappa shape index (κ1) is 22.5. The molecule has 0 bridgehead atoms. The summed E-state index contributed by atoms with van der Waals surface area (Å²) in [6.45, 7) is 6.68. The number of hydrogen-bond acceptors (Lipinski definition) is 2. The third-order valence-corrected chi connectivity index (χ3v) is 4.54. The summed E-state index contributed by atoms with van der Waals surface area (Å²) >= 11 is 0. The van der Waals surface area contributed by atoms with E-state index in [1.165, 1.54) is 77.0 Å². The summed E-state index contributed by atoms with van der Waals surface area (Å²) in [7, 11) is 0. The highest BCUT2D eigenvalue weighted by atomic mass is 16.5. The standard InChI is InChI=1S/C21H42O2/c1-4-7-10-12-13-14-16-19-21(22)23-20(17-9-6-3)18-15-11-8-5-2/h20H,4-19H2,1-3H3. The molecular weight excluding hydrogens is 284 g/mol. The number of carbonyl (C=O) groups is 1. The van der Waals surface area contributed by atoms with Gasteiger partial charge in [0.25, 0.3) is 0 Å². The number of carbonyl (C=O) groups excluding carboxylic acids is 1. The van der Waals surface area contributed by atoms with Gasteiger partial charge in [0.15, 0.2) is 0 Å². The lowest BCUT2D eigenvalue weighted by molar-refractivity contribution is -0.150. The quantitative estimate of drug-likeness (QED) is 0.209. The molecule has 0 saturated heterocycles. The van der Waals surface area contributed by atoms with Gasteiger partial charge >= 0.3 is 5.97 Å². The Balaban J connectivity index is 3.75. The highest BCUT2D eigenvalue weighted by Crippen LogP contribution is 2.16. The Hall–Kier alpha value is -0.530. The van der Waals surface area contributed by atoms with Crippen LogP contribution in [0.15, 0.2) is 0 Å². The van der Waals surface area contributed by atoms with Crippen LogP contribution in [0.4, 0.5) is 0 Å². The predicted molar refractivity (Wildman–Crippen MR) is 101 cm³/mol. The van der Waals surface area contributed by atoms with Crippen molar-refractivity contribution in [2.45, 2.75) is 130 Å². The molecule has 0 aromatic carbocycles. The van der Waals surface area contributed by atoms with Crippen molar-refractivity contribution in [1.29, 1.82) is 0 Å². The Morgan fingerprint density at radius 2 is 1.13 bits per heavy atom. The maximum atomic E-state index is 12.0. The van der Waals surface area contributed by atoms with Gasteiger partial charge in [-0.2, -0.15) is 0 Å². The van der Waals surface area contributed by atoms with Gasteiger partial charge in [-0.3, -0.25) is 4.79 Å². The molecule has 0 aromatic rings. The van der Waals surface area contributed by atoms with Crippen molar-refractivity contribution in [2.24, 2.45) is 0 Å². The molecule has 0 heterocycles. The summed E-state index contributed by atoms with van der Waals surface area (Å²) in [4.78, 5) is 12.0. The van der Waals surface area contributed by atoms with Gasteiger partial charge < -0.3 is 4.74 Å². The Kier molecular flexibility index (Phi) is 17.4. The molecule has 2 heteroatoms. The van der Waals surface area contributed by atoms with E-state index in [0.29, 0.717) is 6.42 Å². The largest absolute Gasteiger partial charge is 0.462 e. The molecule has 0 spiro atoms. The van der Waals surface area contributed by atoms with E-state index < -0.39 is 0 Å². The first-order valence-corrected chi connectivity index (χ1v) is 10.4. The highest BCUT2D eigenvalue weighted by Gasteiger charge is 2.13. The third kappa shape index (κ3) is 16.1. The van der Waals surface area contributed by atoms with Crippen LogP contribution in [0.5, 0.6) is 0 Å². The molecule has 0 rings (SSSR count). The van der Waals surface area contributed by atoms with Gasteiger partial charge in [0.05, 0.1) is 0 Å². The van der Waals surface area contributed by atoms with Crippen molar-refractivity contribution in [3.63, 3.8) is 0 Å². The van der Waals surface area contributed by atoms with Gasteiger partial charge in [0, 0.05) is 6.42 Å². The molecule has 0 aliphatic rings. The van der Waals surface area contributed by atoms with Crippen molar-refractivity contribution in [2.75, 3.05) is 0 Å². The first-order valence-electron chi connectivity index (χ1n) is 10.4. The minimum Gasteiger partial charge on any atom is -0.462 e. The summed E-state index contributed by atoms with van der Waals surface area (Å²) < 4.78 is 5.74. The van der Waals surface area contributed by atoms with Gasteiger partial charge in [0.2, 0.25) is 0 Å². The van der Waals surface area contributed by atoms with E-state index in [4.69, 9.17) is 4.74 Å². The molecule has 23 heavy (non-hydrogen) atoms. The molecule has 0 amide bonds. The molecule has 1 unspecified atom stereocenters. The van der Waals surface area contributed by atoms with Crippen molar-refractivity contribution in [3.05, 3.63) is 0 Å². The molecule has 0 radical (unpaired) electrons. The molecule has 0 fully saturated rings. The van der Waals surface area contributed by atoms with Gasteiger partial charge in [-0.15, -0.1) is 0 Å². The van der Waals surface area contributed by atoms with E-state index >= 15 is 0 Å². The highest BCUT2D eigenvalue weighted by molar-refractivity contribution is 5.69. The molecule has 0 aromatic heterocycles. The van der Waals surface area contributed by atoms with Crippen molar-refractivity contribution < 1.29 is 9.53 Å².